The predicted octanol–water partition coefficient (Wildman–Crippen LogP) is 3.43. The monoisotopic (exact) mass is 463 g/mol. The van der Waals surface area contributed by atoms with Crippen molar-refractivity contribution in [2.24, 2.45) is 0 Å². The molecule has 0 aromatic heterocycles. The van der Waals surface area contributed by atoms with Crippen molar-refractivity contribution in [1.82, 2.24) is 10.0 Å². The Morgan fingerprint density at radius 2 is 1.58 bits per heavy atom. The molecule has 1 amide bonds. The number of carbonyl (C=O) groups is 1. The van der Waals surface area contributed by atoms with Crippen LogP contribution < -0.4 is 14.8 Å². The second-order valence-corrected chi connectivity index (χ2v) is 9.02. The minimum Gasteiger partial charge on any atom is -0.489 e. The van der Waals surface area contributed by atoms with Gasteiger partial charge in [-0.2, -0.15) is 5.26 Å². The standard InChI is InChI=1S/C25H25N3O4S/c26-16-4-17-28-33(30,31)24-13-9-22(10-14-24)25(29)27-18-15-20-7-11-23(12-8-20)32-19-21-5-2-1-3-6-21/h1-3,5-14,28H,4,15,17-19H2,(H,27,29). The molecule has 170 valence electrons. The third kappa shape index (κ3) is 7.45. The number of hydrogen-bond acceptors (Lipinski definition) is 5. The highest BCUT2D eigenvalue weighted by molar-refractivity contribution is 7.89. The molecule has 0 aliphatic rings. The lowest BCUT2D eigenvalue weighted by Crippen LogP contribution is -2.26. The van der Waals surface area contributed by atoms with Crippen LogP contribution in [0.5, 0.6) is 5.75 Å². The van der Waals surface area contributed by atoms with E-state index in [0.29, 0.717) is 25.1 Å². The van der Waals surface area contributed by atoms with Crippen LogP contribution in [-0.2, 0) is 23.1 Å². The van der Waals surface area contributed by atoms with Gasteiger partial charge in [0.2, 0.25) is 10.0 Å². The quantitative estimate of drug-likeness (QED) is 0.424. The smallest absolute Gasteiger partial charge is 0.251 e. The van der Waals surface area contributed by atoms with E-state index in [1.54, 1.807) is 0 Å². The molecule has 2 N–H and O–H groups in total. The molecule has 8 heteroatoms. The van der Waals surface area contributed by atoms with E-state index in [2.05, 4.69) is 10.0 Å². The highest BCUT2D eigenvalue weighted by Gasteiger charge is 2.14. The summed E-state index contributed by atoms with van der Waals surface area (Å²) >= 11 is 0. The van der Waals surface area contributed by atoms with E-state index < -0.39 is 10.0 Å². The van der Waals surface area contributed by atoms with Crippen molar-refractivity contribution in [3.63, 3.8) is 0 Å². The molecule has 3 aromatic carbocycles. The summed E-state index contributed by atoms with van der Waals surface area (Å²) in [5.41, 5.74) is 2.54. The first-order valence-corrected chi connectivity index (χ1v) is 12.0. The van der Waals surface area contributed by atoms with Gasteiger partial charge in [0.1, 0.15) is 12.4 Å². The Bertz CT molecular complexity index is 1190. The van der Waals surface area contributed by atoms with E-state index in [1.165, 1.54) is 24.3 Å². The average Bonchev–Trinajstić information content (AvgIpc) is 2.84. The van der Waals surface area contributed by atoms with E-state index in [4.69, 9.17) is 10.00 Å². The molecule has 0 spiro atoms. The third-order valence-corrected chi connectivity index (χ3v) is 6.30. The van der Waals surface area contributed by atoms with Crippen molar-refractivity contribution < 1.29 is 17.9 Å². The molecule has 0 atom stereocenters. The second kappa shape index (κ2) is 11.8. The van der Waals surface area contributed by atoms with Crippen LogP contribution in [0.25, 0.3) is 0 Å². The summed E-state index contributed by atoms with van der Waals surface area (Å²) in [7, 11) is -3.69. The van der Waals surface area contributed by atoms with Crippen molar-refractivity contribution >= 4 is 15.9 Å². The average molecular weight is 464 g/mol. The van der Waals surface area contributed by atoms with Crippen LogP contribution in [0.4, 0.5) is 0 Å². The first-order valence-electron chi connectivity index (χ1n) is 10.5. The molecule has 3 rings (SSSR count). The zero-order valence-electron chi connectivity index (χ0n) is 18.0. The molecular formula is C25H25N3O4S. The first kappa shape index (κ1) is 24.0. The van der Waals surface area contributed by atoms with Gasteiger partial charge >= 0.3 is 0 Å². The van der Waals surface area contributed by atoms with Gasteiger partial charge in [-0.15, -0.1) is 0 Å². The number of ether oxygens (including phenoxy) is 1. The largest absolute Gasteiger partial charge is 0.489 e. The summed E-state index contributed by atoms with van der Waals surface area (Å²) in [5.74, 6) is 0.503. The zero-order chi connectivity index (χ0) is 23.5. The van der Waals surface area contributed by atoms with E-state index >= 15 is 0 Å². The SMILES string of the molecule is N#CCCNS(=O)(=O)c1ccc(C(=O)NCCc2ccc(OCc3ccccc3)cc2)cc1. The van der Waals surface area contributed by atoms with Crippen LogP contribution in [0.1, 0.15) is 27.9 Å². The molecule has 3 aromatic rings. The van der Waals surface area contributed by atoms with E-state index in [0.717, 1.165) is 16.9 Å². The lowest BCUT2D eigenvalue weighted by atomic mass is 10.1. The van der Waals surface area contributed by atoms with Crippen molar-refractivity contribution in [2.75, 3.05) is 13.1 Å². The number of sulfonamides is 1. The molecule has 7 nitrogen and oxygen atoms in total. The highest BCUT2D eigenvalue weighted by atomic mass is 32.2. The fraction of sp³-hybridized carbons (Fsp3) is 0.200. The van der Waals surface area contributed by atoms with Crippen molar-refractivity contribution in [2.45, 2.75) is 24.3 Å². The second-order valence-electron chi connectivity index (χ2n) is 7.25. The Labute approximate surface area is 194 Å². The molecule has 0 radical (unpaired) electrons. The summed E-state index contributed by atoms with van der Waals surface area (Å²) in [6.45, 7) is 0.992. The van der Waals surface area contributed by atoms with Gasteiger partial charge < -0.3 is 10.1 Å². The van der Waals surface area contributed by atoms with Gasteiger partial charge in [-0.05, 0) is 53.9 Å². The summed E-state index contributed by atoms with van der Waals surface area (Å²) in [5, 5.41) is 11.4. The van der Waals surface area contributed by atoms with Crippen molar-refractivity contribution in [3.8, 4) is 11.8 Å². The molecule has 0 heterocycles. The number of nitrogens with zero attached hydrogens (tertiary/aromatic N) is 1. The summed E-state index contributed by atoms with van der Waals surface area (Å²) < 4.78 is 32.4. The number of rotatable bonds is 11. The molecule has 0 unspecified atom stereocenters. The Kier molecular flexibility index (Phi) is 8.58. The van der Waals surface area contributed by atoms with Crippen LogP contribution in [0.15, 0.2) is 83.8 Å². The van der Waals surface area contributed by atoms with Gasteiger partial charge in [-0.3, -0.25) is 4.79 Å². The lowest BCUT2D eigenvalue weighted by Gasteiger charge is -2.09. The molecule has 0 fully saturated rings. The molecule has 33 heavy (non-hydrogen) atoms. The Hall–Kier alpha value is -3.67. The van der Waals surface area contributed by atoms with Gasteiger partial charge in [0.15, 0.2) is 0 Å². The molecule has 0 aliphatic carbocycles. The molecule has 0 saturated heterocycles. The molecule has 0 saturated carbocycles. The van der Waals surface area contributed by atoms with E-state index in [1.807, 2.05) is 60.7 Å². The maximum Gasteiger partial charge on any atom is 0.251 e. The van der Waals surface area contributed by atoms with Crippen LogP contribution in [0, 0.1) is 11.3 Å². The first-order chi connectivity index (χ1) is 16.0. The molecule has 0 aliphatic heterocycles. The number of hydrogen-bond donors (Lipinski definition) is 2. The van der Waals surface area contributed by atoms with Gasteiger partial charge in [0.25, 0.3) is 5.91 Å². The van der Waals surface area contributed by atoms with Crippen LogP contribution in [0.2, 0.25) is 0 Å². The summed E-state index contributed by atoms with van der Waals surface area (Å²) in [6.07, 6.45) is 0.739. The van der Waals surface area contributed by atoms with Crippen molar-refractivity contribution in [3.05, 3.63) is 95.6 Å². The van der Waals surface area contributed by atoms with E-state index in [9.17, 15) is 13.2 Å². The van der Waals surface area contributed by atoms with Gasteiger partial charge in [-0.25, -0.2) is 13.1 Å². The predicted molar refractivity (Wildman–Crippen MR) is 125 cm³/mol. The third-order valence-electron chi connectivity index (χ3n) is 4.83. The zero-order valence-corrected chi connectivity index (χ0v) is 18.8. The Balaban J connectivity index is 1.44. The normalized spacial score (nSPS) is 10.9. The minimum absolute atomic E-state index is 0.0429. The number of nitrogens with one attached hydrogen (secondary N) is 2. The van der Waals surface area contributed by atoms with Crippen LogP contribution >= 0.6 is 0 Å². The van der Waals surface area contributed by atoms with Gasteiger partial charge in [0.05, 0.1) is 11.0 Å². The van der Waals surface area contributed by atoms with Gasteiger partial charge in [-0.1, -0.05) is 42.5 Å². The maximum atomic E-state index is 12.3. The Morgan fingerprint density at radius 1 is 0.879 bits per heavy atom. The molecular weight excluding hydrogens is 438 g/mol. The fourth-order valence-electron chi connectivity index (χ4n) is 3.03. The number of carbonyl (C=O) groups excluding carboxylic acids is 1. The number of benzene rings is 3. The van der Waals surface area contributed by atoms with Crippen LogP contribution in [-0.4, -0.2) is 27.4 Å². The maximum absolute atomic E-state index is 12.3. The highest BCUT2D eigenvalue weighted by Crippen LogP contribution is 2.15. The molecule has 0 bridgehead atoms. The van der Waals surface area contributed by atoms with Crippen molar-refractivity contribution in [1.29, 1.82) is 5.26 Å². The summed E-state index contributed by atoms with van der Waals surface area (Å²) in [4.78, 5) is 12.4. The number of nitriles is 1. The van der Waals surface area contributed by atoms with E-state index in [-0.39, 0.29) is 23.8 Å². The van der Waals surface area contributed by atoms with Gasteiger partial charge in [0, 0.05) is 25.1 Å². The lowest BCUT2D eigenvalue weighted by molar-refractivity contribution is 0.0954. The fourth-order valence-corrected chi connectivity index (χ4v) is 4.06. The van der Waals surface area contributed by atoms with Crippen LogP contribution in [0.3, 0.4) is 0 Å². The Morgan fingerprint density at radius 3 is 2.24 bits per heavy atom. The number of amides is 1. The topological polar surface area (TPSA) is 108 Å². The minimum atomic E-state index is -3.69. The summed E-state index contributed by atoms with van der Waals surface area (Å²) in [6, 6.07) is 25.2.